The standard InChI is InChI=1S/C23H26N2O5S/c1-30-21-8-7-19(16-20(21)25-22(26)9-10-23(25)27)31(28,29)24-13-11-18(12-14-24)15-17-5-3-2-4-6-17/h2-8,16,18H,9-15H2,1H3. The van der Waals surface area contributed by atoms with Crippen molar-refractivity contribution in [3.8, 4) is 5.75 Å². The number of imide groups is 1. The first-order valence-corrected chi connectivity index (χ1v) is 11.9. The van der Waals surface area contributed by atoms with Gasteiger partial charge in [-0.05, 0) is 48.9 Å². The highest BCUT2D eigenvalue weighted by Crippen LogP contribution is 2.35. The summed E-state index contributed by atoms with van der Waals surface area (Å²) in [5, 5.41) is 0. The quantitative estimate of drug-likeness (QED) is 0.642. The number of piperidine rings is 1. The molecule has 2 saturated heterocycles. The molecule has 0 bridgehead atoms. The van der Waals surface area contributed by atoms with Crippen molar-refractivity contribution in [2.24, 2.45) is 5.92 Å². The number of carbonyl (C=O) groups excluding carboxylic acids is 2. The molecule has 31 heavy (non-hydrogen) atoms. The first-order valence-electron chi connectivity index (χ1n) is 10.5. The van der Waals surface area contributed by atoms with Gasteiger partial charge < -0.3 is 4.74 Å². The highest BCUT2D eigenvalue weighted by Gasteiger charge is 2.35. The molecule has 2 heterocycles. The van der Waals surface area contributed by atoms with E-state index in [4.69, 9.17) is 4.74 Å². The molecular weight excluding hydrogens is 416 g/mol. The van der Waals surface area contributed by atoms with Crippen molar-refractivity contribution in [3.63, 3.8) is 0 Å². The lowest BCUT2D eigenvalue weighted by Gasteiger charge is -2.31. The number of hydrogen-bond donors (Lipinski definition) is 0. The maximum Gasteiger partial charge on any atom is 0.243 e. The molecule has 4 rings (SSSR count). The number of hydrogen-bond acceptors (Lipinski definition) is 5. The summed E-state index contributed by atoms with van der Waals surface area (Å²) < 4.78 is 33.3. The Morgan fingerprint density at radius 3 is 2.23 bits per heavy atom. The number of ether oxygens (including phenoxy) is 1. The van der Waals surface area contributed by atoms with Crippen LogP contribution in [0.5, 0.6) is 5.75 Å². The van der Waals surface area contributed by atoms with E-state index in [1.807, 2.05) is 18.2 Å². The smallest absolute Gasteiger partial charge is 0.243 e. The second-order valence-electron chi connectivity index (χ2n) is 7.99. The molecule has 7 nitrogen and oxygen atoms in total. The van der Waals surface area contributed by atoms with Gasteiger partial charge in [-0.1, -0.05) is 30.3 Å². The summed E-state index contributed by atoms with van der Waals surface area (Å²) in [6.45, 7) is 0.894. The summed E-state index contributed by atoms with van der Waals surface area (Å²) in [7, 11) is -2.32. The predicted octanol–water partition coefficient (Wildman–Crippen LogP) is 2.99. The second kappa shape index (κ2) is 8.80. The molecule has 2 aromatic carbocycles. The molecule has 2 amide bonds. The zero-order valence-corrected chi connectivity index (χ0v) is 18.3. The average molecular weight is 443 g/mol. The Morgan fingerprint density at radius 2 is 1.61 bits per heavy atom. The summed E-state index contributed by atoms with van der Waals surface area (Å²) >= 11 is 0. The normalized spacial score (nSPS) is 18.5. The Hall–Kier alpha value is -2.71. The number of anilines is 1. The van der Waals surface area contributed by atoms with E-state index in [9.17, 15) is 18.0 Å². The number of nitrogens with zero attached hydrogens (tertiary/aromatic N) is 2. The van der Waals surface area contributed by atoms with E-state index in [0.717, 1.165) is 24.2 Å². The van der Waals surface area contributed by atoms with Gasteiger partial charge in [0.1, 0.15) is 5.75 Å². The molecule has 8 heteroatoms. The minimum absolute atomic E-state index is 0.0670. The third kappa shape index (κ3) is 4.36. The summed E-state index contributed by atoms with van der Waals surface area (Å²) in [4.78, 5) is 25.5. The van der Waals surface area contributed by atoms with Gasteiger partial charge in [0.15, 0.2) is 0 Å². The number of carbonyl (C=O) groups is 2. The zero-order chi connectivity index (χ0) is 22.0. The van der Waals surface area contributed by atoms with Crippen LogP contribution in [-0.2, 0) is 26.0 Å². The van der Waals surface area contributed by atoms with Crippen LogP contribution in [0, 0.1) is 5.92 Å². The summed E-state index contributed by atoms with van der Waals surface area (Å²) in [6.07, 6.45) is 2.77. The van der Waals surface area contributed by atoms with Crippen molar-refractivity contribution in [1.29, 1.82) is 0 Å². The number of methoxy groups -OCH3 is 1. The lowest BCUT2D eigenvalue weighted by molar-refractivity contribution is -0.121. The van der Waals surface area contributed by atoms with Gasteiger partial charge in [0.05, 0.1) is 17.7 Å². The van der Waals surface area contributed by atoms with E-state index in [0.29, 0.717) is 24.8 Å². The van der Waals surface area contributed by atoms with Crippen LogP contribution in [0.15, 0.2) is 53.4 Å². The van der Waals surface area contributed by atoms with Crippen molar-refractivity contribution >= 4 is 27.5 Å². The first kappa shape index (κ1) is 21.5. The Kier molecular flexibility index (Phi) is 6.11. The Labute approximate surface area is 182 Å². The van der Waals surface area contributed by atoms with Gasteiger partial charge in [0.25, 0.3) is 0 Å². The molecule has 164 valence electrons. The maximum absolute atomic E-state index is 13.3. The Morgan fingerprint density at radius 1 is 0.968 bits per heavy atom. The molecule has 0 radical (unpaired) electrons. The molecule has 2 aliphatic heterocycles. The molecule has 0 N–H and O–H groups in total. The maximum atomic E-state index is 13.3. The van der Waals surface area contributed by atoms with Crippen LogP contribution < -0.4 is 9.64 Å². The van der Waals surface area contributed by atoms with E-state index in [2.05, 4.69) is 12.1 Å². The molecule has 2 aliphatic rings. The molecule has 0 aromatic heterocycles. The number of benzene rings is 2. The van der Waals surface area contributed by atoms with Gasteiger partial charge in [-0.15, -0.1) is 0 Å². The number of rotatable bonds is 6. The fourth-order valence-electron chi connectivity index (χ4n) is 4.30. The molecule has 0 unspecified atom stereocenters. The lowest BCUT2D eigenvalue weighted by atomic mass is 9.91. The van der Waals surface area contributed by atoms with E-state index < -0.39 is 10.0 Å². The number of sulfonamides is 1. The predicted molar refractivity (Wildman–Crippen MR) is 116 cm³/mol. The van der Waals surface area contributed by atoms with Gasteiger partial charge in [0, 0.05) is 25.9 Å². The second-order valence-corrected chi connectivity index (χ2v) is 9.93. The molecule has 0 saturated carbocycles. The van der Waals surface area contributed by atoms with Crippen molar-refractivity contribution < 1.29 is 22.7 Å². The van der Waals surface area contributed by atoms with Gasteiger partial charge >= 0.3 is 0 Å². The van der Waals surface area contributed by atoms with Crippen LogP contribution in [0.1, 0.15) is 31.2 Å². The van der Waals surface area contributed by atoms with E-state index >= 15 is 0 Å². The molecule has 2 aromatic rings. The molecule has 0 aliphatic carbocycles. The van der Waals surface area contributed by atoms with E-state index in [1.165, 1.54) is 35.2 Å². The lowest BCUT2D eigenvalue weighted by Crippen LogP contribution is -2.39. The van der Waals surface area contributed by atoms with Crippen molar-refractivity contribution in [1.82, 2.24) is 4.31 Å². The minimum Gasteiger partial charge on any atom is -0.495 e. The summed E-state index contributed by atoms with van der Waals surface area (Å²) in [6, 6.07) is 14.6. The summed E-state index contributed by atoms with van der Waals surface area (Å²) in [5.41, 5.74) is 1.46. The van der Waals surface area contributed by atoms with Crippen LogP contribution in [-0.4, -0.2) is 44.7 Å². The highest BCUT2D eigenvalue weighted by molar-refractivity contribution is 7.89. The molecule has 0 atom stereocenters. The third-order valence-electron chi connectivity index (χ3n) is 6.02. The van der Waals surface area contributed by atoms with Crippen molar-refractivity contribution in [3.05, 3.63) is 54.1 Å². The SMILES string of the molecule is COc1ccc(S(=O)(=O)N2CCC(Cc3ccccc3)CC2)cc1N1C(=O)CCC1=O. The third-order valence-corrected chi connectivity index (χ3v) is 7.92. The van der Waals surface area contributed by atoms with Crippen molar-refractivity contribution in [2.75, 3.05) is 25.1 Å². The fourth-order valence-corrected chi connectivity index (χ4v) is 5.79. The van der Waals surface area contributed by atoms with E-state index in [-0.39, 0.29) is 35.2 Å². The molecule has 0 spiro atoms. The van der Waals surface area contributed by atoms with Gasteiger partial charge in [-0.3, -0.25) is 9.59 Å². The average Bonchev–Trinajstić information content (AvgIpc) is 3.12. The van der Waals surface area contributed by atoms with Crippen LogP contribution in [0.25, 0.3) is 0 Å². The van der Waals surface area contributed by atoms with Crippen LogP contribution in [0.4, 0.5) is 5.69 Å². The van der Waals surface area contributed by atoms with Gasteiger partial charge in [-0.25, -0.2) is 13.3 Å². The van der Waals surface area contributed by atoms with Crippen LogP contribution in [0.3, 0.4) is 0 Å². The first-order chi connectivity index (χ1) is 14.9. The topological polar surface area (TPSA) is 84.0 Å². The fraction of sp³-hybridized carbons (Fsp3) is 0.391. The highest BCUT2D eigenvalue weighted by atomic mass is 32.2. The summed E-state index contributed by atoms with van der Waals surface area (Å²) in [5.74, 6) is 0.0448. The Balaban J connectivity index is 1.52. The van der Waals surface area contributed by atoms with Crippen molar-refractivity contribution in [2.45, 2.75) is 37.0 Å². The van der Waals surface area contributed by atoms with E-state index in [1.54, 1.807) is 0 Å². The minimum atomic E-state index is -3.74. The van der Waals surface area contributed by atoms with Gasteiger partial charge in [-0.2, -0.15) is 4.31 Å². The number of amides is 2. The van der Waals surface area contributed by atoms with Crippen LogP contribution in [0.2, 0.25) is 0 Å². The molecule has 2 fully saturated rings. The monoisotopic (exact) mass is 442 g/mol. The van der Waals surface area contributed by atoms with Gasteiger partial charge in [0.2, 0.25) is 21.8 Å². The molecular formula is C23H26N2O5S. The Bertz CT molecular complexity index is 1060. The van der Waals surface area contributed by atoms with Crippen LogP contribution >= 0.6 is 0 Å². The largest absolute Gasteiger partial charge is 0.495 e. The zero-order valence-electron chi connectivity index (χ0n) is 17.5.